The van der Waals surface area contributed by atoms with Gasteiger partial charge in [-0.15, -0.1) is 22.7 Å². The average Bonchev–Trinajstić information content (AvgIpc) is 3.63. The Balaban J connectivity index is 1.33. The van der Waals surface area contributed by atoms with Crippen molar-refractivity contribution in [3.8, 4) is 21.7 Å². The topological polar surface area (TPSA) is 68.3 Å². The van der Waals surface area contributed by atoms with Crippen LogP contribution in [0.5, 0.6) is 0 Å². The van der Waals surface area contributed by atoms with Gasteiger partial charge in [-0.05, 0) is 42.7 Å². The molecule has 196 valence electrons. The van der Waals surface area contributed by atoms with E-state index in [2.05, 4.69) is 5.32 Å². The quantitative estimate of drug-likeness (QED) is 0.255. The minimum Gasteiger partial charge on any atom is -0.381 e. The number of alkyl halides is 3. The molecule has 1 aliphatic rings. The van der Waals surface area contributed by atoms with Gasteiger partial charge in [0.1, 0.15) is 5.01 Å². The summed E-state index contributed by atoms with van der Waals surface area (Å²) in [5.74, 6) is -2.16. The lowest BCUT2D eigenvalue weighted by molar-refractivity contribution is -0.0882. The molecule has 38 heavy (non-hydrogen) atoms. The molecule has 0 bridgehead atoms. The lowest BCUT2D eigenvalue weighted by Crippen LogP contribution is -2.44. The van der Waals surface area contributed by atoms with Crippen LogP contribution >= 0.6 is 22.7 Å². The van der Waals surface area contributed by atoms with E-state index in [0.717, 1.165) is 46.5 Å². The number of ether oxygens (including phenoxy) is 1. The zero-order chi connectivity index (χ0) is 26.8. The highest BCUT2D eigenvalue weighted by Crippen LogP contribution is 2.38. The van der Waals surface area contributed by atoms with Gasteiger partial charge >= 0.3 is 6.18 Å². The fourth-order valence-corrected chi connectivity index (χ4v) is 6.46. The van der Waals surface area contributed by atoms with Crippen LogP contribution in [0, 0.1) is 0 Å². The number of hydrogen-bond donors (Lipinski definition) is 1. The SMILES string of the molecule is O=C(NCC1(c2nc(-c3ccccc3)cs2)CCOCC1)c1cccc(-c2ccc(C(=O)C(F)(F)F)s2)c1. The number of benzene rings is 2. The second-order valence-corrected chi connectivity index (χ2v) is 11.0. The molecule has 2 aromatic carbocycles. The Bertz CT molecular complexity index is 1440. The van der Waals surface area contributed by atoms with Crippen LogP contribution in [-0.2, 0) is 10.2 Å². The number of aromatic nitrogens is 1. The molecule has 5 rings (SSSR count). The largest absolute Gasteiger partial charge is 0.455 e. The number of thiophene rings is 1. The molecule has 0 radical (unpaired) electrons. The predicted molar refractivity (Wildman–Crippen MR) is 142 cm³/mol. The highest BCUT2D eigenvalue weighted by Gasteiger charge is 2.40. The Kier molecular flexibility index (Phi) is 7.47. The molecule has 3 heterocycles. The summed E-state index contributed by atoms with van der Waals surface area (Å²) in [7, 11) is 0. The van der Waals surface area contributed by atoms with Crippen molar-refractivity contribution in [3.63, 3.8) is 0 Å². The van der Waals surface area contributed by atoms with E-state index >= 15 is 0 Å². The van der Waals surface area contributed by atoms with Crippen molar-refractivity contribution >= 4 is 34.4 Å². The molecular weight excluding hydrogens is 533 g/mol. The molecule has 1 aliphatic heterocycles. The number of rotatable bonds is 7. The number of carbonyl (C=O) groups excluding carboxylic acids is 2. The number of nitrogens with one attached hydrogen (secondary N) is 1. The van der Waals surface area contributed by atoms with E-state index in [4.69, 9.17) is 9.72 Å². The number of amides is 1. The van der Waals surface area contributed by atoms with Gasteiger partial charge in [0.05, 0.1) is 10.6 Å². The first-order chi connectivity index (χ1) is 18.2. The summed E-state index contributed by atoms with van der Waals surface area (Å²) in [4.78, 5) is 29.7. The fraction of sp³-hybridized carbons (Fsp3) is 0.250. The van der Waals surface area contributed by atoms with Gasteiger partial charge in [0.15, 0.2) is 0 Å². The van der Waals surface area contributed by atoms with Crippen molar-refractivity contribution in [2.45, 2.75) is 24.4 Å². The smallest absolute Gasteiger partial charge is 0.381 e. The third-order valence-electron chi connectivity index (χ3n) is 6.56. The number of halogens is 3. The molecule has 1 N–H and O–H groups in total. The summed E-state index contributed by atoms with van der Waals surface area (Å²) in [5, 5.41) is 6.04. The molecule has 1 amide bonds. The molecule has 5 nitrogen and oxygen atoms in total. The maximum atomic E-state index is 13.2. The number of hydrogen-bond acceptors (Lipinski definition) is 6. The first kappa shape index (κ1) is 26.3. The van der Waals surface area contributed by atoms with Crippen LogP contribution in [0.4, 0.5) is 13.2 Å². The number of nitrogens with zero attached hydrogens (tertiary/aromatic N) is 1. The van der Waals surface area contributed by atoms with Crippen LogP contribution in [0.15, 0.2) is 72.1 Å². The van der Waals surface area contributed by atoms with Gasteiger partial charge in [-0.2, -0.15) is 13.2 Å². The molecule has 0 aliphatic carbocycles. The molecule has 1 saturated heterocycles. The maximum Gasteiger partial charge on any atom is 0.455 e. The highest BCUT2D eigenvalue weighted by atomic mass is 32.1. The normalized spacial score (nSPS) is 15.2. The van der Waals surface area contributed by atoms with E-state index in [1.165, 1.54) is 6.07 Å². The van der Waals surface area contributed by atoms with Crippen molar-refractivity contribution in [2.24, 2.45) is 0 Å². The van der Waals surface area contributed by atoms with Crippen LogP contribution < -0.4 is 5.32 Å². The summed E-state index contributed by atoms with van der Waals surface area (Å²) in [6.07, 6.45) is -3.48. The predicted octanol–water partition coefficient (Wildman–Crippen LogP) is 6.76. The van der Waals surface area contributed by atoms with Crippen molar-refractivity contribution < 1.29 is 27.5 Å². The minimum atomic E-state index is -4.93. The average molecular weight is 557 g/mol. The molecule has 0 spiro atoms. The Labute approximate surface area is 225 Å². The van der Waals surface area contributed by atoms with Gasteiger partial charge in [-0.25, -0.2) is 4.98 Å². The molecule has 10 heteroatoms. The van der Waals surface area contributed by atoms with Crippen molar-refractivity contribution in [1.82, 2.24) is 10.3 Å². The Morgan fingerprint density at radius 3 is 2.45 bits per heavy atom. The second-order valence-electron chi connectivity index (χ2n) is 9.05. The van der Waals surface area contributed by atoms with E-state index in [1.54, 1.807) is 35.6 Å². The zero-order valence-corrected chi connectivity index (χ0v) is 21.7. The number of ketones is 1. The maximum absolute atomic E-state index is 13.2. The first-order valence-electron chi connectivity index (χ1n) is 11.9. The van der Waals surface area contributed by atoms with Crippen LogP contribution in [-0.4, -0.2) is 42.6 Å². The Morgan fingerprint density at radius 2 is 1.71 bits per heavy atom. The molecule has 0 unspecified atom stereocenters. The molecule has 0 atom stereocenters. The van der Waals surface area contributed by atoms with E-state index < -0.39 is 12.0 Å². The number of Topliss-reactive ketones (excluding diaryl/α,β-unsaturated/α-hetero) is 1. The Morgan fingerprint density at radius 1 is 0.974 bits per heavy atom. The third-order valence-corrected chi connectivity index (χ3v) is 8.78. The molecule has 1 fully saturated rings. The lowest BCUT2D eigenvalue weighted by atomic mass is 9.80. The Hall–Kier alpha value is -3.34. The van der Waals surface area contributed by atoms with Crippen LogP contribution in [0.25, 0.3) is 21.7 Å². The van der Waals surface area contributed by atoms with Gasteiger partial charge in [0, 0.05) is 46.6 Å². The molecule has 0 saturated carbocycles. The fourth-order valence-electron chi connectivity index (χ4n) is 4.41. The van der Waals surface area contributed by atoms with Crippen molar-refractivity contribution in [3.05, 3.63) is 87.6 Å². The molecule has 4 aromatic rings. The van der Waals surface area contributed by atoms with Gasteiger partial charge in [-0.1, -0.05) is 42.5 Å². The number of carbonyl (C=O) groups is 2. The number of thiazole rings is 1. The summed E-state index contributed by atoms with van der Waals surface area (Å²) < 4.78 is 44.0. The van der Waals surface area contributed by atoms with E-state index in [9.17, 15) is 22.8 Å². The monoisotopic (exact) mass is 556 g/mol. The van der Waals surface area contributed by atoms with Gasteiger partial charge in [0.2, 0.25) is 0 Å². The molecule has 2 aromatic heterocycles. The van der Waals surface area contributed by atoms with Crippen molar-refractivity contribution in [2.75, 3.05) is 19.8 Å². The van der Waals surface area contributed by atoms with E-state index in [0.29, 0.717) is 35.8 Å². The second kappa shape index (κ2) is 10.8. The van der Waals surface area contributed by atoms with Gasteiger partial charge in [-0.3, -0.25) is 9.59 Å². The lowest BCUT2D eigenvalue weighted by Gasteiger charge is -2.35. The first-order valence-corrected chi connectivity index (χ1v) is 13.6. The van der Waals surface area contributed by atoms with Gasteiger partial charge < -0.3 is 10.1 Å². The summed E-state index contributed by atoms with van der Waals surface area (Å²) >= 11 is 2.33. The minimum absolute atomic E-state index is 0.291. The summed E-state index contributed by atoms with van der Waals surface area (Å²) in [5.41, 5.74) is 2.52. The van der Waals surface area contributed by atoms with E-state index in [1.807, 2.05) is 35.7 Å². The zero-order valence-electron chi connectivity index (χ0n) is 20.1. The van der Waals surface area contributed by atoms with Crippen molar-refractivity contribution in [1.29, 1.82) is 0 Å². The standard InChI is InChI=1S/C28H23F3N2O3S2/c29-28(30,31)24(34)23-10-9-22(38-23)19-7-4-8-20(15-19)25(35)32-17-27(11-13-36-14-12-27)26-33-21(16-37-26)18-5-2-1-3-6-18/h1-10,15-16H,11-14,17H2,(H,32,35). The van der Waals surface area contributed by atoms with Gasteiger partial charge in [0.25, 0.3) is 11.7 Å². The van der Waals surface area contributed by atoms with Crippen LogP contribution in [0.2, 0.25) is 0 Å². The molecular formula is C28H23F3N2O3S2. The van der Waals surface area contributed by atoms with Crippen LogP contribution in [0.1, 0.15) is 37.9 Å². The summed E-state index contributed by atoms with van der Waals surface area (Å²) in [6, 6.07) is 19.2. The van der Waals surface area contributed by atoms with E-state index in [-0.39, 0.29) is 16.2 Å². The third kappa shape index (κ3) is 5.57. The summed E-state index contributed by atoms with van der Waals surface area (Å²) in [6.45, 7) is 1.52. The highest BCUT2D eigenvalue weighted by molar-refractivity contribution is 7.17. The van der Waals surface area contributed by atoms with Crippen LogP contribution in [0.3, 0.4) is 0 Å².